The summed E-state index contributed by atoms with van der Waals surface area (Å²) in [4.78, 5) is 30.9. The van der Waals surface area contributed by atoms with Crippen LogP contribution in [0.25, 0.3) is 10.9 Å². The fourth-order valence-electron chi connectivity index (χ4n) is 2.60. The molecule has 7 heteroatoms. The van der Waals surface area contributed by atoms with E-state index in [1.165, 1.54) is 40.1 Å². The van der Waals surface area contributed by atoms with E-state index >= 15 is 0 Å². The first-order chi connectivity index (χ1) is 12.0. The van der Waals surface area contributed by atoms with Gasteiger partial charge < -0.3 is 4.90 Å². The van der Waals surface area contributed by atoms with E-state index in [4.69, 9.17) is 0 Å². The number of amides is 1. The molecule has 3 aromatic rings. The van der Waals surface area contributed by atoms with Crippen molar-refractivity contribution < 1.29 is 9.18 Å². The number of hydrogen-bond donors (Lipinski definition) is 0. The number of anilines is 1. The molecular formula is C18H15BrFN3O2. The van der Waals surface area contributed by atoms with Crippen LogP contribution in [0, 0.1) is 5.82 Å². The molecule has 3 rings (SSSR count). The Kier molecular flexibility index (Phi) is 4.94. The van der Waals surface area contributed by atoms with Gasteiger partial charge in [-0.3, -0.25) is 14.2 Å². The number of benzene rings is 2. The molecule has 0 unspecified atom stereocenters. The second-order valence-corrected chi connectivity index (χ2v) is 6.37. The molecule has 0 N–H and O–H groups in total. The van der Waals surface area contributed by atoms with Crippen LogP contribution in [0.3, 0.4) is 0 Å². The standard InChI is InChI=1S/C18H15BrFN3O2/c1-2-23(14-6-4-13(20)5-7-14)17(24)10-22-11-21-16-8-3-12(19)9-15(16)18(22)25/h3-9,11H,2,10H2,1H3. The van der Waals surface area contributed by atoms with Crippen LogP contribution in [-0.4, -0.2) is 22.0 Å². The van der Waals surface area contributed by atoms with E-state index in [0.29, 0.717) is 23.1 Å². The Morgan fingerprint density at radius 3 is 2.64 bits per heavy atom. The van der Waals surface area contributed by atoms with E-state index in [-0.39, 0.29) is 23.8 Å². The highest BCUT2D eigenvalue weighted by Crippen LogP contribution is 2.16. The van der Waals surface area contributed by atoms with Gasteiger partial charge in [-0.2, -0.15) is 0 Å². The van der Waals surface area contributed by atoms with Crippen LogP contribution in [0.1, 0.15) is 6.92 Å². The van der Waals surface area contributed by atoms with E-state index < -0.39 is 0 Å². The van der Waals surface area contributed by atoms with E-state index in [0.717, 1.165) is 4.47 Å². The van der Waals surface area contributed by atoms with Gasteiger partial charge in [0.25, 0.3) is 5.56 Å². The van der Waals surface area contributed by atoms with Crippen molar-refractivity contribution in [2.45, 2.75) is 13.5 Å². The average Bonchev–Trinajstić information content (AvgIpc) is 2.60. The van der Waals surface area contributed by atoms with Gasteiger partial charge in [0.2, 0.25) is 5.91 Å². The summed E-state index contributed by atoms with van der Waals surface area (Å²) in [5.74, 6) is -0.639. The third kappa shape index (κ3) is 3.61. The number of carbonyl (C=O) groups excluding carboxylic acids is 1. The number of aromatic nitrogens is 2. The minimum Gasteiger partial charge on any atom is -0.311 e. The van der Waals surface area contributed by atoms with Crippen molar-refractivity contribution in [3.8, 4) is 0 Å². The lowest BCUT2D eigenvalue weighted by atomic mass is 10.2. The van der Waals surface area contributed by atoms with Crippen molar-refractivity contribution >= 4 is 38.4 Å². The van der Waals surface area contributed by atoms with Crippen molar-refractivity contribution in [2.75, 3.05) is 11.4 Å². The lowest BCUT2D eigenvalue weighted by molar-refractivity contribution is -0.119. The van der Waals surface area contributed by atoms with E-state index in [1.807, 2.05) is 6.92 Å². The molecular weight excluding hydrogens is 389 g/mol. The van der Waals surface area contributed by atoms with E-state index in [9.17, 15) is 14.0 Å². The molecule has 1 heterocycles. The van der Waals surface area contributed by atoms with Crippen molar-refractivity contribution in [1.82, 2.24) is 9.55 Å². The van der Waals surface area contributed by atoms with Gasteiger partial charge in [0.15, 0.2) is 0 Å². The van der Waals surface area contributed by atoms with Crippen LogP contribution in [0.15, 0.2) is 58.1 Å². The van der Waals surface area contributed by atoms with Crippen molar-refractivity contribution in [3.63, 3.8) is 0 Å². The summed E-state index contributed by atoms with van der Waals surface area (Å²) in [7, 11) is 0. The third-order valence-electron chi connectivity index (χ3n) is 3.85. The van der Waals surface area contributed by atoms with Crippen LogP contribution in [0.2, 0.25) is 0 Å². The maximum Gasteiger partial charge on any atom is 0.261 e. The lowest BCUT2D eigenvalue weighted by Gasteiger charge is -2.21. The number of hydrogen-bond acceptors (Lipinski definition) is 3. The molecule has 0 aliphatic heterocycles. The second-order valence-electron chi connectivity index (χ2n) is 5.45. The zero-order valence-corrected chi connectivity index (χ0v) is 15.0. The van der Waals surface area contributed by atoms with Crippen LogP contribution >= 0.6 is 15.9 Å². The van der Waals surface area contributed by atoms with Gasteiger partial charge in [0.1, 0.15) is 12.4 Å². The highest BCUT2D eigenvalue weighted by molar-refractivity contribution is 9.10. The SMILES string of the molecule is CCN(C(=O)Cn1cnc2ccc(Br)cc2c1=O)c1ccc(F)cc1. The lowest BCUT2D eigenvalue weighted by Crippen LogP contribution is -2.36. The summed E-state index contributed by atoms with van der Waals surface area (Å²) >= 11 is 3.33. The van der Waals surface area contributed by atoms with Crippen LogP contribution in [0.4, 0.5) is 10.1 Å². The second kappa shape index (κ2) is 7.14. The average molecular weight is 404 g/mol. The van der Waals surface area contributed by atoms with Crippen LogP contribution in [-0.2, 0) is 11.3 Å². The highest BCUT2D eigenvalue weighted by Gasteiger charge is 2.16. The van der Waals surface area contributed by atoms with Crippen molar-refractivity contribution in [2.24, 2.45) is 0 Å². The smallest absolute Gasteiger partial charge is 0.261 e. The summed E-state index contributed by atoms with van der Waals surface area (Å²) in [6.45, 7) is 2.09. The van der Waals surface area contributed by atoms with Gasteiger partial charge in [0, 0.05) is 16.7 Å². The molecule has 0 saturated carbocycles. The maximum atomic E-state index is 13.1. The molecule has 0 radical (unpaired) electrons. The minimum atomic E-state index is -0.368. The van der Waals surface area contributed by atoms with Crippen LogP contribution in [0.5, 0.6) is 0 Å². The molecule has 1 aromatic heterocycles. The number of nitrogens with zero attached hydrogens (tertiary/aromatic N) is 3. The quantitative estimate of drug-likeness (QED) is 0.670. The largest absolute Gasteiger partial charge is 0.311 e. The van der Waals surface area contributed by atoms with Gasteiger partial charge in [-0.15, -0.1) is 0 Å². The maximum absolute atomic E-state index is 13.1. The zero-order chi connectivity index (χ0) is 18.0. The van der Waals surface area contributed by atoms with Crippen LogP contribution < -0.4 is 10.5 Å². The summed E-state index contributed by atoms with van der Waals surface area (Å²) < 4.78 is 15.1. The molecule has 0 spiro atoms. The predicted octanol–water partition coefficient (Wildman–Crippen LogP) is 3.35. The minimum absolute atomic E-state index is 0.139. The topological polar surface area (TPSA) is 55.2 Å². The first kappa shape index (κ1) is 17.3. The fraction of sp³-hybridized carbons (Fsp3) is 0.167. The van der Waals surface area contributed by atoms with E-state index in [2.05, 4.69) is 20.9 Å². The zero-order valence-electron chi connectivity index (χ0n) is 13.4. The summed E-state index contributed by atoms with van der Waals surface area (Å²) in [6, 6.07) is 10.9. The Morgan fingerprint density at radius 1 is 1.24 bits per heavy atom. The molecule has 0 bridgehead atoms. The van der Waals surface area contributed by atoms with Gasteiger partial charge in [-0.1, -0.05) is 15.9 Å². The van der Waals surface area contributed by atoms with Gasteiger partial charge in [-0.05, 0) is 49.4 Å². The molecule has 5 nitrogen and oxygen atoms in total. The highest BCUT2D eigenvalue weighted by atomic mass is 79.9. The first-order valence-electron chi connectivity index (χ1n) is 7.70. The molecule has 0 atom stereocenters. The normalized spacial score (nSPS) is 10.8. The van der Waals surface area contributed by atoms with Crippen molar-refractivity contribution in [1.29, 1.82) is 0 Å². The monoisotopic (exact) mass is 403 g/mol. The van der Waals surface area contributed by atoms with Crippen molar-refractivity contribution in [3.05, 3.63) is 69.4 Å². The summed E-state index contributed by atoms with van der Waals surface area (Å²) in [6.07, 6.45) is 1.37. The molecule has 1 amide bonds. The summed E-state index contributed by atoms with van der Waals surface area (Å²) in [5.41, 5.74) is 0.871. The number of likely N-dealkylation sites (N-methyl/N-ethyl adjacent to an activating group) is 1. The molecule has 2 aromatic carbocycles. The Morgan fingerprint density at radius 2 is 1.96 bits per heavy atom. The Balaban J connectivity index is 1.91. The predicted molar refractivity (Wildman–Crippen MR) is 98.1 cm³/mol. The van der Waals surface area contributed by atoms with Gasteiger partial charge in [0.05, 0.1) is 17.2 Å². The number of fused-ring (bicyclic) bond motifs is 1. The molecule has 0 aliphatic carbocycles. The van der Waals surface area contributed by atoms with E-state index in [1.54, 1.807) is 18.2 Å². The summed E-state index contributed by atoms with van der Waals surface area (Å²) in [5, 5.41) is 0.439. The fourth-order valence-corrected chi connectivity index (χ4v) is 2.96. The first-order valence-corrected chi connectivity index (χ1v) is 8.49. The molecule has 25 heavy (non-hydrogen) atoms. The number of halogens is 2. The number of carbonyl (C=O) groups is 1. The Bertz CT molecular complexity index is 986. The van der Waals surface area contributed by atoms with Gasteiger partial charge >= 0.3 is 0 Å². The Labute approximate surface area is 151 Å². The Hall–Kier alpha value is -2.54. The molecule has 128 valence electrons. The van der Waals surface area contributed by atoms with Gasteiger partial charge in [-0.25, -0.2) is 9.37 Å². The third-order valence-corrected chi connectivity index (χ3v) is 4.34. The number of rotatable bonds is 4. The molecule has 0 fully saturated rings. The molecule has 0 saturated heterocycles. The molecule has 0 aliphatic rings.